The van der Waals surface area contributed by atoms with Gasteiger partial charge in [-0.3, -0.25) is 9.59 Å². The van der Waals surface area contributed by atoms with Crippen molar-refractivity contribution in [3.63, 3.8) is 0 Å². The standard InChI is InChI=1S/C14H15ClFNO3/c15-12-7-9(16)4-5-11(12)14(20)17-6-2-1-3-10(17)8-13(18)19/h4-5,7,10H,1-3,6,8H2,(H,18,19). The molecule has 1 heterocycles. The van der Waals surface area contributed by atoms with Gasteiger partial charge >= 0.3 is 5.97 Å². The van der Waals surface area contributed by atoms with E-state index in [9.17, 15) is 14.0 Å². The van der Waals surface area contributed by atoms with Gasteiger partial charge in [-0.25, -0.2) is 4.39 Å². The average Bonchev–Trinajstić information content (AvgIpc) is 2.38. The van der Waals surface area contributed by atoms with E-state index in [4.69, 9.17) is 16.7 Å². The fourth-order valence-electron chi connectivity index (χ4n) is 2.50. The van der Waals surface area contributed by atoms with E-state index in [0.29, 0.717) is 13.0 Å². The first-order valence-corrected chi connectivity index (χ1v) is 6.84. The van der Waals surface area contributed by atoms with Gasteiger partial charge in [0.2, 0.25) is 0 Å². The van der Waals surface area contributed by atoms with E-state index in [-0.39, 0.29) is 29.0 Å². The quantitative estimate of drug-likeness (QED) is 0.933. The first-order chi connectivity index (χ1) is 9.49. The van der Waals surface area contributed by atoms with Crippen LogP contribution in [0.2, 0.25) is 5.02 Å². The molecule has 20 heavy (non-hydrogen) atoms. The highest BCUT2D eigenvalue weighted by atomic mass is 35.5. The monoisotopic (exact) mass is 299 g/mol. The summed E-state index contributed by atoms with van der Waals surface area (Å²) >= 11 is 5.89. The number of carbonyl (C=O) groups excluding carboxylic acids is 1. The number of nitrogens with zero attached hydrogens (tertiary/aromatic N) is 1. The number of carboxylic acid groups (broad SMARTS) is 1. The number of hydrogen-bond donors (Lipinski definition) is 1. The summed E-state index contributed by atoms with van der Waals surface area (Å²) in [5, 5.41) is 8.96. The number of rotatable bonds is 3. The van der Waals surface area contributed by atoms with E-state index >= 15 is 0 Å². The normalized spacial score (nSPS) is 18.9. The molecular weight excluding hydrogens is 285 g/mol. The highest BCUT2D eigenvalue weighted by Gasteiger charge is 2.30. The van der Waals surface area contributed by atoms with Gasteiger partial charge in [-0.05, 0) is 37.5 Å². The third-order valence-corrected chi connectivity index (χ3v) is 3.77. The number of benzene rings is 1. The predicted molar refractivity (Wildman–Crippen MR) is 72.3 cm³/mol. The van der Waals surface area contributed by atoms with Crippen LogP contribution in [0.15, 0.2) is 18.2 Å². The molecule has 1 atom stereocenters. The Morgan fingerprint density at radius 3 is 2.80 bits per heavy atom. The smallest absolute Gasteiger partial charge is 0.305 e. The Hall–Kier alpha value is -1.62. The summed E-state index contributed by atoms with van der Waals surface area (Å²) in [5.41, 5.74) is 0.213. The highest BCUT2D eigenvalue weighted by Crippen LogP contribution is 2.25. The average molecular weight is 300 g/mol. The molecule has 4 nitrogen and oxygen atoms in total. The molecule has 2 rings (SSSR count). The molecule has 0 bridgehead atoms. The lowest BCUT2D eigenvalue weighted by molar-refractivity contribution is -0.138. The van der Waals surface area contributed by atoms with Gasteiger partial charge in [0.25, 0.3) is 5.91 Å². The predicted octanol–water partition coefficient (Wildman–Crippen LogP) is 2.95. The van der Waals surface area contributed by atoms with Crippen molar-refractivity contribution in [1.29, 1.82) is 0 Å². The summed E-state index contributed by atoms with van der Waals surface area (Å²) in [6.45, 7) is 0.504. The number of amides is 1. The Balaban J connectivity index is 2.22. The maximum Gasteiger partial charge on any atom is 0.305 e. The molecule has 6 heteroatoms. The SMILES string of the molecule is O=C(O)CC1CCCCN1C(=O)c1ccc(F)cc1Cl. The number of carbonyl (C=O) groups is 2. The van der Waals surface area contributed by atoms with Gasteiger partial charge in [0.05, 0.1) is 17.0 Å². The zero-order valence-electron chi connectivity index (χ0n) is 10.8. The van der Waals surface area contributed by atoms with Crippen molar-refractivity contribution in [2.45, 2.75) is 31.7 Å². The van der Waals surface area contributed by atoms with Crippen LogP contribution in [0.4, 0.5) is 4.39 Å². The fraction of sp³-hybridized carbons (Fsp3) is 0.429. The fourth-order valence-corrected chi connectivity index (χ4v) is 2.75. The summed E-state index contributed by atoms with van der Waals surface area (Å²) < 4.78 is 13.0. The minimum Gasteiger partial charge on any atom is -0.481 e. The molecule has 0 aliphatic carbocycles. The van der Waals surface area contributed by atoms with Crippen molar-refractivity contribution in [3.8, 4) is 0 Å². The molecule has 0 spiro atoms. The van der Waals surface area contributed by atoms with E-state index in [1.165, 1.54) is 17.0 Å². The summed E-state index contributed by atoms with van der Waals surface area (Å²) in [6.07, 6.45) is 2.32. The molecule has 1 amide bonds. The van der Waals surface area contributed by atoms with E-state index in [2.05, 4.69) is 0 Å². The van der Waals surface area contributed by atoms with Gasteiger partial charge < -0.3 is 10.0 Å². The van der Waals surface area contributed by atoms with Crippen LogP contribution in [0.1, 0.15) is 36.0 Å². The van der Waals surface area contributed by atoms with Gasteiger partial charge in [-0.1, -0.05) is 11.6 Å². The first kappa shape index (κ1) is 14.8. The van der Waals surface area contributed by atoms with Crippen LogP contribution >= 0.6 is 11.6 Å². The number of hydrogen-bond acceptors (Lipinski definition) is 2. The molecule has 0 saturated carbocycles. The third kappa shape index (κ3) is 3.28. The molecule has 108 valence electrons. The number of piperidine rings is 1. The summed E-state index contributed by atoms with van der Waals surface area (Å²) in [6, 6.07) is 3.28. The highest BCUT2D eigenvalue weighted by molar-refractivity contribution is 6.33. The van der Waals surface area contributed by atoms with Crippen LogP contribution in [0.5, 0.6) is 0 Å². The van der Waals surface area contributed by atoms with Crippen LogP contribution in [-0.2, 0) is 4.79 Å². The summed E-state index contributed by atoms with van der Waals surface area (Å²) in [4.78, 5) is 24.9. The van der Waals surface area contributed by atoms with Crippen LogP contribution in [-0.4, -0.2) is 34.5 Å². The Bertz CT molecular complexity index is 535. The molecule has 1 saturated heterocycles. The number of aliphatic carboxylic acids is 1. The largest absolute Gasteiger partial charge is 0.481 e. The van der Waals surface area contributed by atoms with Gasteiger partial charge in [0, 0.05) is 12.6 Å². The van der Waals surface area contributed by atoms with Crippen molar-refractivity contribution < 1.29 is 19.1 Å². The molecule has 1 aliphatic heterocycles. The van der Waals surface area contributed by atoms with Gasteiger partial charge in [-0.2, -0.15) is 0 Å². The second-order valence-corrected chi connectivity index (χ2v) is 5.28. The lowest BCUT2D eigenvalue weighted by Gasteiger charge is -2.35. The van der Waals surface area contributed by atoms with E-state index < -0.39 is 11.8 Å². The molecule has 1 aromatic rings. The number of carboxylic acids is 1. The zero-order chi connectivity index (χ0) is 14.7. The second kappa shape index (κ2) is 6.22. The van der Waals surface area contributed by atoms with Crippen LogP contribution in [0.25, 0.3) is 0 Å². The van der Waals surface area contributed by atoms with Crippen LogP contribution in [0.3, 0.4) is 0 Å². The minimum atomic E-state index is -0.931. The Morgan fingerprint density at radius 2 is 2.15 bits per heavy atom. The van der Waals surface area contributed by atoms with Crippen LogP contribution < -0.4 is 0 Å². The molecule has 1 aromatic carbocycles. The van der Waals surface area contributed by atoms with Gasteiger partial charge in [0.15, 0.2) is 0 Å². The van der Waals surface area contributed by atoms with Crippen molar-refractivity contribution in [2.24, 2.45) is 0 Å². The topological polar surface area (TPSA) is 57.6 Å². The molecule has 0 aromatic heterocycles. The lowest BCUT2D eigenvalue weighted by atomic mass is 9.98. The maximum absolute atomic E-state index is 13.0. The molecule has 1 aliphatic rings. The second-order valence-electron chi connectivity index (χ2n) is 4.87. The number of likely N-dealkylation sites (tertiary alicyclic amines) is 1. The maximum atomic E-state index is 13.0. The third-order valence-electron chi connectivity index (χ3n) is 3.46. The minimum absolute atomic E-state index is 0.0506. The van der Waals surface area contributed by atoms with Crippen LogP contribution in [0, 0.1) is 5.82 Å². The number of halogens is 2. The molecule has 1 unspecified atom stereocenters. The molecule has 0 radical (unpaired) electrons. The van der Waals surface area contributed by atoms with Crippen molar-refractivity contribution in [2.75, 3.05) is 6.54 Å². The Labute approximate surface area is 121 Å². The van der Waals surface area contributed by atoms with Crippen molar-refractivity contribution >= 4 is 23.5 Å². The summed E-state index contributed by atoms with van der Waals surface area (Å²) in [5.74, 6) is -1.77. The zero-order valence-corrected chi connectivity index (χ0v) is 11.6. The van der Waals surface area contributed by atoms with Gasteiger partial charge in [0.1, 0.15) is 5.82 Å². The summed E-state index contributed by atoms with van der Waals surface area (Å²) in [7, 11) is 0. The van der Waals surface area contributed by atoms with E-state index in [0.717, 1.165) is 18.9 Å². The van der Waals surface area contributed by atoms with E-state index in [1.54, 1.807) is 0 Å². The molecule has 1 N–H and O–H groups in total. The molecular formula is C14H15ClFNO3. The van der Waals surface area contributed by atoms with Gasteiger partial charge in [-0.15, -0.1) is 0 Å². The van der Waals surface area contributed by atoms with E-state index in [1.807, 2.05) is 0 Å². The Kier molecular flexibility index (Phi) is 4.60. The first-order valence-electron chi connectivity index (χ1n) is 6.47. The van der Waals surface area contributed by atoms with Crippen molar-refractivity contribution in [1.82, 2.24) is 4.90 Å². The Morgan fingerprint density at radius 1 is 1.40 bits per heavy atom. The van der Waals surface area contributed by atoms with Crippen molar-refractivity contribution in [3.05, 3.63) is 34.6 Å². The molecule has 1 fully saturated rings. The lowest BCUT2D eigenvalue weighted by Crippen LogP contribution is -2.44.